The van der Waals surface area contributed by atoms with Crippen LogP contribution in [0.25, 0.3) is 0 Å². The van der Waals surface area contributed by atoms with E-state index in [0.717, 1.165) is 140 Å². The van der Waals surface area contributed by atoms with Gasteiger partial charge in [-0.2, -0.15) is 13.2 Å². The maximum Gasteiger partial charge on any atom is 0.417 e. The first-order valence-electron chi connectivity index (χ1n) is 34.4. The van der Waals surface area contributed by atoms with E-state index in [1.165, 1.54) is 82.0 Å². The van der Waals surface area contributed by atoms with E-state index in [4.69, 9.17) is 21.6 Å². The fourth-order valence-electron chi connectivity index (χ4n) is 15.5. The Morgan fingerprint density at radius 3 is 2.23 bits per heavy atom. The number of rotatable bonds is 9. The van der Waals surface area contributed by atoms with Crippen molar-refractivity contribution < 1.29 is 18.0 Å². The zero-order valence-corrected chi connectivity index (χ0v) is 56.1. The second-order valence-corrected chi connectivity index (χ2v) is 28.7. The number of likely N-dealkylation sites (N-methyl/N-ethyl adjacent to an activating group) is 2. The topological polar surface area (TPSA) is 109 Å². The first-order valence-corrected chi connectivity index (χ1v) is 34.7. The standard InChI is InChI=1S/C69H118ClF3N12O/c1-12-52(5)83-39-38-80(10)53(6)43-77-66(67(86)82-35-19-14-20-36-82)55(8)78-65(50(2)3)56(9)79-68(29-17-18-30-68)31-32-74-33-34-75-44-59(27-25-58-26-28-63(64(70)42-58)69(71,72)73)76-45-60-24-21-37-84(60)49-61(41-57-22-15-13-16-23-57)81(11)48-62-40-51(4)46-85(62)54(7)47-83/h26,28,33-34,42,44-45,50-57,61-62,65-66,76-79H,12-25,27,29-32,35-41,43,46-49H2,1-11H3/t51?,52-,53?,54?,55?,56?,61-,62?,65-,66-/m0/s1. The highest BCUT2D eigenvalue weighted by molar-refractivity contribution is 6.31. The van der Waals surface area contributed by atoms with Crippen molar-refractivity contribution in [2.75, 3.05) is 86.1 Å². The maximum atomic E-state index is 14.7. The number of alkyl halides is 3. The number of nitrogens with one attached hydrogen (secondary N) is 4. The summed E-state index contributed by atoms with van der Waals surface area (Å²) in [5.74, 6) is 1.94. The number of carbonyl (C=O) groups is 1. The molecule has 13 nitrogen and oxygen atoms in total. The van der Waals surface area contributed by atoms with Crippen molar-refractivity contribution in [3.8, 4) is 0 Å². The predicted molar refractivity (Wildman–Crippen MR) is 353 cm³/mol. The summed E-state index contributed by atoms with van der Waals surface area (Å²) in [5, 5.41) is 15.5. The van der Waals surface area contributed by atoms with Crippen molar-refractivity contribution in [2.24, 2.45) is 27.7 Å². The van der Waals surface area contributed by atoms with Gasteiger partial charge in [0.1, 0.15) is 6.04 Å². The van der Waals surface area contributed by atoms with Gasteiger partial charge in [-0.05, 0) is 168 Å². The summed E-state index contributed by atoms with van der Waals surface area (Å²) in [6.45, 7) is 31.4. The molecule has 0 radical (unpaired) electrons. The number of benzene rings is 1. The summed E-state index contributed by atoms with van der Waals surface area (Å²) in [6, 6.07) is 5.96. The summed E-state index contributed by atoms with van der Waals surface area (Å²) in [4.78, 5) is 40.0. The third kappa shape index (κ3) is 21.0. The van der Waals surface area contributed by atoms with Crippen LogP contribution >= 0.6 is 11.6 Å². The Kier molecular flexibility index (Phi) is 28.1. The molecule has 10 atom stereocenters. The van der Waals surface area contributed by atoms with Gasteiger partial charge in [-0.3, -0.25) is 24.6 Å². The molecule has 4 heterocycles. The first kappa shape index (κ1) is 70.4. The van der Waals surface area contributed by atoms with Crippen LogP contribution in [-0.2, 0) is 17.4 Å². The van der Waals surface area contributed by atoms with Crippen molar-refractivity contribution in [3.05, 3.63) is 58.1 Å². The van der Waals surface area contributed by atoms with Crippen molar-refractivity contribution in [3.63, 3.8) is 0 Å². The van der Waals surface area contributed by atoms with E-state index in [1.54, 1.807) is 12.4 Å². The summed E-state index contributed by atoms with van der Waals surface area (Å²) >= 11 is 6.23. The van der Waals surface area contributed by atoms with Crippen LogP contribution in [0.1, 0.15) is 195 Å². The first-order chi connectivity index (χ1) is 41.1. The van der Waals surface area contributed by atoms with Crippen LogP contribution in [0.4, 0.5) is 13.2 Å². The summed E-state index contributed by atoms with van der Waals surface area (Å²) in [6.07, 6.45) is 25.2. The van der Waals surface area contributed by atoms with Gasteiger partial charge >= 0.3 is 6.18 Å². The van der Waals surface area contributed by atoms with Crippen LogP contribution < -0.4 is 21.3 Å². The van der Waals surface area contributed by atoms with Gasteiger partial charge in [0.25, 0.3) is 0 Å². The van der Waals surface area contributed by atoms with Crippen molar-refractivity contribution in [1.29, 1.82) is 0 Å². The maximum absolute atomic E-state index is 14.7. The van der Waals surface area contributed by atoms with Crippen molar-refractivity contribution >= 4 is 29.9 Å². The average Bonchev–Trinajstić information content (AvgIpc) is 3.53. The summed E-state index contributed by atoms with van der Waals surface area (Å²) < 4.78 is 41.1. The number of likely N-dealkylation sites (tertiary alicyclic amines) is 1. The number of hydrogen-bond acceptors (Lipinski definition) is 12. The van der Waals surface area contributed by atoms with Crippen LogP contribution in [0.15, 0.2) is 52.0 Å². The van der Waals surface area contributed by atoms with Crippen LogP contribution in [0, 0.1) is 17.8 Å². The quantitative estimate of drug-likeness (QED) is 0.191. The fourth-order valence-corrected chi connectivity index (χ4v) is 15.8. The molecule has 3 saturated heterocycles. The van der Waals surface area contributed by atoms with E-state index < -0.39 is 11.7 Å². The second kappa shape index (κ2) is 34.4. The highest BCUT2D eigenvalue weighted by Gasteiger charge is 2.40. The van der Waals surface area contributed by atoms with E-state index >= 15 is 0 Å². The predicted octanol–water partition coefficient (Wildman–Crippen LogP) is 12.3. The lowest BCUT2D eigenvalue weighted by molar-refractivity contribution is -0.137. The molecule has 488 valence electrons. The molecule has 0 bridgehead atoms. The molecule has 1 amide bonds. The monoisotopic (exact) mass is 1220 g/mol. The van der Waals surface area contributed by atoms with Gasteiger partial charge in [-0.25, -0.2) is 0 Å². The lowest BCUT2D eigenvalue weighted by Gasteiger charge is -2.41. The number of aryl methyl sites for hydroxylation is 1. The number of carbonyl (C=O) groups excluding carboxylic acids is 1. The average molecular weight is 1220 g/mol. The molecular weight excluding hydrogens is 1110 g/mol. The zero-order chi connectivity index (χ0) is 62.0. The normalized spacial score (nSPS) is 30.6. The molecule has 7 rings (SSSR count). The third-order valence-electron chi connectivity index (χ3n) is 21.1. The van der Waals surface area contributed by atoms with Gasteiger partial charge in [0, 0.05) is 162 Å². The largest absolute Gasteiger partial charge is 0.417 e. The van der Waals surface area contributed by atoms with E-state index in [2.05, 4.69) is 133 Å². The van der Waals surface area contributed by atoms with E-state index in [1.807, 2.05) is 6.20 Å². The van der Waals surface area contributed by atoms with Crippen LogP contribution in [-0.4, -0.2) is 194 Å². The van der Waals surface area contributed by atoms with Gasteiger partial charge in [-0.1, -0.05) is 90.3 Å². The van der Waals surface area contributed by atoms with Crippen molar-refractivity contribution in [1.82, 2.24) is 50.7 Å². The van der Waals surface area contributed by atoms with Gasteiger partial charge in [0.15, 0.2) is 0 Å². The Morgan fingerprint density at radius 2 is 1.53 bits per heavy atom. The molecule has 6 unspecified atom stereocenters. The molecule has 5 fully saturated rings. The molecule has 0 aromatic heterocycles. The molecule has 2 saturated carbocycles. The Balaban J connectivity index is 1.17. The Bertz CT molecular complexity index is 2310. The number of amides is 1. The summed E-state index contributed by atoms with van der Waals surface area (Å²) in [5.41, 5.74) is 2.06. The van der Waals surface area contributed by atoms with Gasteiger partial charge in [-0.15, -0.1) is 0 Å². The number of allylic oxidation sites excluding steroid dienone is 2. The molecule has 2 aliphatic carbocycles. The molecule has 1 aromatic rings. The minimum Gasteiger partial charge on any atom is -0.372 e. The van der Waals surface area contributed by atoms with Crippen LogP contribution in [0.3, 0.4) is 0 Å². The molecule has 4 aliphatic heterocycles. The second-order valence-electron chi connectivity index (χ2n) is 28.3. The number of piperidine rings is 1. The van der Waals surface area contributed by atoms with Gasteiger partial charge in [0.2, 0.25) is 5.91 Å². The number of aliphatic imine (C=N–C) groups is 2. The molecule has 17 heteroatoms. The zero-order valence-electron chi connectivity index (χ0n) is 55.4. The van der Waals surface area contributed by atoms with Crippen LogP contribution in [0.2, 0.25) is 5.02 Å². The number of fused-ring (bicyclic) bond motifs is 2. The Hall–Kier alpha value is -3.09. The molecule has 6 aliphatic rings. The highest BCUT2D eigenvalue weighted by Crippen LogP contribution is 2.37. The number of nitrogens with zero attached hydrogens (tertiary/aromatic N) is 8. The van der Waals surface area contributed by atoms with Crippen molar-refractivity contribution in [2.45, 2.75) is 257 Å². The van der Waals surface area contributed by atoms with E-state index in [9.17, 15) is 18.0 Å². The van der Waals surface area contributed by atoms with Gasteiger partial charge in [0.05, 0.1) is 10.6 Å². The van der Waals surface area contributed by atoms with E-state index in [-0.39, 0.29) is 46.7 Å². The number of hydrogen-bond donors (Lipinski definition) is 4. The molecule has 1 spiro atoms. The molecular formula is C69H118ClF3N12O. The third-order valence-corrected chi connectivity index (χ3v) is 21.4. The molecule has 4 N–H and O–H groups in total. The Morgan fingerprint density at radius 1 is 0.802 bits per heavy atom. The highest BCUT2D eigenvalue weighted by atomic mass is 35.5. The Labute approximate surface area is 525 Å². The van der Waals surface area contributed by atoms with Crippen LogP contribution in [0.5, 0.6) is 0 Å². The van der Waals surface area contributed by atoms with E-state index in [0.29, 0.717) is 55.4 Å². The summed E-state index contributed by atoms with van der Waals surface area (Å²) in [7, 11) is 4.69. The minimum atomic E-state index is -4.51. The molecule has 1 aromatic carbocycles. The van der Waals surface area contributed by atoms with Gasteiger partial charge < -0.3 is 40.9 Å². The lowest BCUT2D eigenvalue weighted by atomic mass is 9.84. The minimum absolute atomic E-state index is 0.0347. The SMILES string of the molecule is CC[C@H](C)N1CCN(C)C(C)CN[C@H](C(=O)N2CCCCC2)C(C)N[C@@H](C(C)C)C(C)NC2(CCCC2)CCN=CC=NC=C(CCc2ccc(C(F)(F)F)c(Cl)c2)NC=C2CCCN2C[C@H](CC2CCCCC2)N(C)CC2CC(C)CN2C(C)C1. The lowest BCUT2D eigenvalue weighted by Crippen LogP contribution is -2.64. The number of halogens is 4. The molecule has 86 heavy (non-hydrogen) atoms. The smallest absolute Gasteiger partial charge is 0.372 e. The fraction of sp³-hybridized carbons (Fsp3) is 0.812.